The zero-order valence-electron chi connectivity index (χ0n) is 17.2. The van der Waals surface area contributed by atoms with Crippen molar-refractivity contribution in [2.24, 2.45) is 0 Å². The lowest BCUT2D eigenvalue weighted by molar-refractivity contribution is -0.133. The fourth-order valence-corrected chi connectivity index (χ4v) is 4.12. The molecule has 1 atom stereocenters. The van der Waals surface area contributed by atoms with E-state index in [-0.39, 0.29) is 18.0 Å². The number of amides is 2. The summed E-state index contributed by atoms with van der Waals surface area (Å²) in [7, 11) is 0. The van der Waals surface area contributed by atoms with Crippen molar-refractivity contribution in [1.29, 1.82) is 0 Å². The molecule has 1 fully saturated rings. The first kappa shape index (κ1) is 20.0. The van der Waals surface area contributed by atoms with E-state index in [9.17, 15) is 9.59 Å². The van der Waals surface area contributed by atoms with Crippen molar-refractivity contribution in [3.63, 3.8) is 0 Å². The Bertz CT molecular complexity index is 1000. The Labute approximate surface area is 176 Å². The quantitative estimate of drug-likeness (QED) is 0.646. The standard InChI is InChI=1S/C24H27N3O3/c1-2-30-24(29)27-16-14-26(15-17-27)23(28)18-22(25-12-5-6-13-25)21-11-7-9-19-8-3-4-10-20(19)21/h3-13,22H,2,14-18H2,1H3. The van der Waals surface area contributed by atoms with E-state index in [4.69, 9.17) is 4.74 Å². The number of nitrogens with zero attached hydrogens (tertiary/aromatic N) is 3. The Morgan fingerprint density at radius 1 is 0.900 bits per heavy atom. The smallest absolute Gasteiger partial charge is 0.409 e. The molecule has 30 heavy (non-hydrogen) atoms. The van der Waals surface area contributed by atoms with E-state index in [1.807, 2.05) is 41.6 Å². The molecule has 3 aromatic rings. The molecule has 0 saturated carbocycles. The summed E-state index contributed by atoms with van der Waals surface area (Å²) in [6.45, 7) is 4.24. The van der Waals surface area contributed by atoms with Crippen molar-refractivity contribution in [3.05, 3.63) is 72.6 Å². The zero-order chi connectivity index (χ0) is 20.9. The van der Waals surface area contributed by atoms with E-state index < -0.39 is 0 Å². The molecule has 0 bridgehead atoms. The minimum Gasteiger partial charge on any atom is -0.450 e. The number of benzene rings is 2. The third-order valence-electron chi connectivity index (χ3n) is 5.70. The first-order valence-corrected chi connectivity index (χ1v) is 10.5. The predicted molar refractivity (Wildman–Crippen MR) is 116 cm³/mol. The Balaban J connectivity index is 1.53. The van der Waals surface area contributed by atoms with Gasteiger partial charge in [0.25, 0.3) is 0 Å². The van der Waals surface area contributed by atoms with E-state index in [1.165, 1.54) is 10.8 Å². The van der Waals surface area contributed by atoms with Crippen molar-refractivity contribution in [1.82, 2.24) is 14.4 Å². The molecule has 1 aromatic heterocycles. The topological polar surface area (TPSA) is 54.8 Å². The van der Waals surface area contributed by atoms with Crippen molar-refractivity contribution < 1.29 is 14.3 Å². The summed E-state index contributed by atoms with van der Waals surface area (Å²) in [6.07, 6.45) is 4.10. The van der Waals surface area contributed by atoms with Crippen LogP contribution in [-0.4, -0.2) is 59.2 Å². The van der Waals surface area contributed by atoms with Gasteiger partial charge in [0.2, 0.25) is 5.91 Å². The molecule has 1 aliphatic heterocycles. The highest BCUT2D eigenvalue weighted by atomic mass is 16.6. The zero-order valence-corrected chi connectivity index (χ0v) is 17.2. The average molecular weight is 405 g/mol. The van der Waals surface area contributed by atoms with E-state index in [0.29, 0.717) is 39.2 Å². The predicted octanol–water partition coefficient (Wildman–Crippen LogP) is 3.92. The third kappa shape index (κ3) is 4.17. The van der Waals surface area contributed by atoms with Crippen molar-refractivity contribution in [2.45, 2.75) is 19.4 Å². The highest BCUT2D eigenvalue weighted by Gasteiger charge is 2.27. The first-order chi connectivity index (χ1) is 14.7. The summed E-state index contributed by atoms with van der Waals surface area (Å²) in [5, 5.41) is 2.33. The molecule has 6 nitrogen and oxygen atoms in total. The number of carbonyl (C=O) groups is 2. The average Bonchev–Trinajstić information content (AvgIpc) is 3.32. The maximum absolute atomic E-state index is 13.2. The second-order valence-corrected chi connectivity index (χ2v) is 7.49. The second kappa shape index (κ2) is 9.03. The summed E-state index contributed by atoms with van der Waals surface area (Å²) in [5.74, 6) is 0.102. The normalized spacial score (nSPS) is 15.2. The van der Waals surface area contributed by atoms with Gasteiger partial charge in [0.05, 0.1) is 19.1 Å². The minimum atomic E-state index is -0.300. The largest absolute Gasteiger partial charge is 0.450 e. The molecule has 0 aliphatic carbocycles. The lowest BCUT2D eigenvalue weighted by atomic mass is 9.96. The fourth-order valence-electron chi connectivity index (χ4n) is 4.12. The summed E-state index contributed by atoms with van der Waals surface area (Å²) in [6, 6.07) is 18.4. The molecule has 0 radical (unpaired) electrons. The van der Waals surface area contributed by atoms with Gasteiger partial charge >= 0.3 is 6.09 Å². The van der Waals surface area contributed by atoms with Crippen LogP contribution >= 0.6 is 0 Å². The van der Waals surface area contributed by atoms with E-state index in [1.54, 1.807) is 11.8 Å². The summed E-state index contributed by atoms with van der Waals surface area (Å²) < 4.78 is 7.18. The molecule has 1 saturated heterocycles. The van der Waals surface area contributed by atoms with Gasteiger partial charge in [-0.25, -0.2) is 4.79 Å². The lowest BCUT2D eigenvalue weighted by Crippen LogP contribution is -2.51. The van der Waals surface area contributed by atoms with Crippen LogP contribution in [0.1, 0.15) is 24.9 Å². The number of hydrogen-bond donors (Lipinski definition) is 0. The van der Waals surface area contributed by atoms with Crippen LogP contribution in [0.4, 0.5) is 4.79 Å². The maximum Gasteiger partial charge on any atom is 0.409 e. The Kier molecular flexibility index (Phi) is 6.02. The van der Waals surface area contributed by atoms with Crippen LogP contribution in [0.3, 0.4) is 0 Å². The molecular formula is C24H27N3O3. The molecule has 0 N–H and O–H groups in total. The molecule has 156 valence electrons. The monoisotopic (exact) mass is 405 g/mol. The van der Waals surface area contributed by atoms with Crippen LogP contribution in [0, 0.1) is 0 Å². The van der Waals surface area contributed by atoms with Gasteiger partial charge in [-0.15, -0.1) is 0 Å². The minimum absolute atomic E-state index is 0.0818. The first-order valence-electron chi connectivity index (χ1n) is 10.5. The third-order valence-corrected chi connectivity index (χ3v) is 5.70. The molecule has 6 heteroatoms. The summed E-state index contributed by atoms with van der Waals surface area (Å²) >= 11 is 0. The maximum atomic E-state index is 13.2. The Morgan fingerprint density at radius 3 is 2.30 bits per heavy atom. The number of piperazine rings is 1. The molecule has 2 aromatic carbocycles. The number of hydrogen-bond acceptors (Lipinski definition) is 3. The summed E-state index contributed by atoms with van der Waals surface area (Å²) in [4.78, 5) is 28.6. The number of carbonyl (C=O) groups excluding carboxylic acids is 2. The van der Waals surface area contributed by atoms with Gasteiger partial charge in [-0.1, -0.05) is 42.5 Å². The fraction of sp³-hybridized carbons (Fsp3) is 0.333. The molecule has 2 amide bonds. The molecule has 2 heterocycles. The molecule has 1 aliphatic rings. The van der Waals surface area contributed by atoms with Crippen LogP contribution in [0.2, 0.25) is 0 Å². The van der Waals surface area contributed by atoms with Gasteiger partial charge in [0, 0.05) is 38.6 Å². The molecule has 1 unspecified atom stereocenters. The van der Waals surface area contributed by atoms with Crippen LogP contribution in [-0.2, 0) is 9.53 Å². The van der Waals surface area contributed by atoms with Crippen molar-refractivity contribution in [3.8, 4) is 0 Å². The van der Waals surface area contributed by atoms with Gasteiger partial charge in [-0.2, -0.15) is 0 Å². The Morgan fingerprint density at radius 2 is 1.57 bits per heavy atom. The van der Waals surface area contributed by atoms with Gasteiger partial charge < -0.3 is 19.1 Å². The van der Waals surface area contributed by atoms with Gasteiger partial charge in [0.15, 0.2) is 0 Å². The molecule has 4 rings (SSSR count). The number of aromatic nitrogens is 1. The van der Waals surface area contributed by atoms with Crippen LogP contribution < -0.4 is 0 Å². The van der Waals surface area contributed by atoms with E-state index in [2.05, 4.69) is 34.9 Å². The van der Waals surface area contributed by atoms with E-state index in [0.717, 1.165) is 5.56 Å². The highest BCUT2D eigenvalue weighted by molar-refractivity contribution is 5.87. The molecule has 0 spiro atoms. The van der Waals surface area contributed by atoms with Gasteiger partial charge in [-0.05, 0) is 35.4 Å². The number of fused-ring (bicyclic) bond motifs is 1. The number of rotatable bonds is 5. The van der Waals surface area contributed by atoms with Crippen molar-refractivity contribution >= 4 is 22.8 Å². The van der Waals surface area contributed by atoms with Crippen LogP contribution in [0.25, 0.3) is 10.8 Å². The SMILES string of the molecule is CCOC(=O)N1CCN(C(=O)CC(c2cccc3ccccc23)n2cccc2)CC1. The highest BCUT2D eigenvalue weighted by Crippen LogP contribution is 2.30. The lowest BCUT2D eigenvalue weighted by Gasteiger charge is -2.35. The molecular weight excluding hydrogens is 378 g/mol. The van der Waals surface area contributed by atoms with Gasteiger partial charge in [-0.3, -0.25) is 4.79 Å². The second-order valence-electron chi connectivity index (χ2n) is 7.49. The number of ether oxygens (including phenoxy) is 1. The van der Waals surface area contributed by atoms with Crippen molar-refractivity contribution in [2.75, 3.05) is 32.8 Å². The van der Waals surface area contributed by atoms with Crippen LogP contribution in [0.5, 0.6) is 0 Å². The Hall–Kier alpha value is -3.28. The van der Waals surface area contributed by atoms with E-state index >= 15 is 0 Å². The summed E-state index contributed by atoms with van der Waals surface area (Å²) in [5.41, 5.74) is 1.14. The van der Waals surface area contributed by atoms with Crippen LogP contribution in [0.15, 0.2) is 67.0 Å². The van der Waals surface area contributed by atoms with Gasteiger partial charge in [0.1, 0.15) is 0 Å².